The van der Waals surface area contributed by atoms with Crippen LogP contribution in [0.3, 0.4) is 0 Å². The molecule has 1 aromatic carbocycles. The molecule has 0 bridgehead atoms. The highest BCUT2D eigenvalue weighted by molar-refractivity contribution is 5.92. The summed E-state index contributed by atoms with van der Waals surface area (Å²) in [6, 6.07) is 9.33. The van der Waals surface area contributed by atoms with Gasteiger partial charge >= 0.3 is 0 Å². The minimum atomic E-state index is -0.404. The van der Waals surface area contributed by atoms with Gasteiger partial charge in [0, 0.05) is 17.3 Å². The number of aromatic amines is 1. The number of benzene rings is 1. The number of hydrogen-bond donors (Lipinski definition) is 2. The highest BCUT2D eigenvalue weighted by Gasteiger charge is 2.10. The Hall–Kier alpha value is -3.29. The second-order valence-electron chi connectivity index (χ2n) is 4.35. The van der Waals surface area contributed by atoms with Gasteiger partial charge < -0.3 is 5.32 Å². The first-order valence-electron chi connectivity index (χ1n) is 6.14. The zero-order valence-corrected chi connectivity index (χ0v) is 10.6. The predicted molar refractivity (Wildman–Crippen MR) is 75.2 cm³/mol. The smallest absolute Gasteiger partial charge is 0.292 e. The molecule has 0 unspecified atom stereocenters. The molecule has 0 atom stereocenters. The average molecular weight is 280 g/mol. The summed E-state index contributed by atoms with van der Waals surface area (Å²) in [5.41, 5.74) is 1.59. The van der Waals surface area contributed by atoms with E-state index in [-0.39, 0.29) is 17.1 Å². The third-order valence-corrected chi connectivity index (χ3v) is 3.03. The summed E-state index contributed by atoms with van der Waals surface area (Å²) in [4.78, 5) is 22.9. The van der Waals surface area contributed by atoms with Crippen LogP contribution in [-0.2, 0) is 0 Å². The van der Waals surface area contributed by atoms with Crippen molar-refractivity contribution >= 4 is 33.7 Å². The summed E-state index contributed by atoms with van der Waals surface area (Å²) >= 11 is 0. The Morgan fingerprint density at radius 1 is 1.14 bits per heavy atom. The van der Waals surface area contributed by atoms with Gasteiger partial charge in [-0.3, -0.25) is 14.8 Å². The van der Waals surface area contributed by atoms with Crippen LogP contribution in [0.1, 0.15) is 0 Å². The maximum Gasteiger partial charge on any atom is 0.292 e. The van der Waals surface area contributed by atoms with E-state index in [1.807, 2.05) is 30.3 Å². The lowest BCUT2D eigenvalue weighted by Crippen LogP contribution is -2.13. The van der Waals surface area contributed by atoms with Crippen LogP contribution in [0.15, 0.2) is 46.0 Å². The van der Waals surface area contributed by atoms with Crippen LogP contribution in [0, 0.1) is 0 Å². The van der Waals surface area contributed by atoms with Crippen molar-refractivity contribution in [3.8, 4) is 0 Å². The molecule has 4 aromatic rings. The standard InChI is InChI=1S/C13H8N6O2/c20-13-12(16-10-11(17-13)19-21-18-10)15-9-5-1-4-8-7(9)3-2-6-14-8/h1-6H,(H,15,16,18)(H,17,19,20). The molecule has 0 amide bonds. The summed E-state index contributed by atoms with van der Waals surface area (Å²) in [5.74, 6) is 0.120. The quantitative estimate of drug-likeness (QED) is 0.573. The van der Waals surface area contributed by atoms with Crippen molar-refractivity contribution in [2.24, 2.45) is 0 Å². The summed E-state index contributed by atoms with van der Waals surface area (Å²) in [5, 5.41) is 11.0. The molecule has 8 heteroatoms. The summed E-state index contributed by atoms with van der Waals surface area (Å²) < 4.78 is 4.52. The van der Waals surface area contributed by atoms with Crippen molar-refractivity contribution < 1.29 is 4.63 Å². The van der Waals surface area contributed by atoms with Crippen LogP contribution in [0.2, 0.25) is 0 Å². The van der Waals surface area contributed by atoms with Crippen molar-refractivity contribution in [2.75, 3.05) is 5.32 Å². The van der Waals surface area contributed by atoms with Crippen LogP contribution in [0.5, 0.6) is 0 Å². The summed E-state index contributed by atoms with van der Waals surface area (Å²) in [6.07, 6.45) is 1.71. The largest absolute Gasteiger partial charge is 0.335 e. The number of nitrogens with one attached hydrogen (secondary N) is 2. The lowest BCUT2D eigenvalue weighted by atomic mass is 10.2. The number of rotatable bonds is 2. The molecule has 0 aliphatic rings. The lowest BCUT2D eigenvalue weighted by molar-refractivity contribution is 0.314. The second kappa shape index (κ2) is 4.37. The van der Waals surface area contributed by atoms with E-state index < -0.39 is 5.56 Å². The van der Waals surface area contributed by atoms with Crippen LogP contribution >= 0.6 is 0 Å². The highest BCUT2D eigenvalue weighted by atomic mass is 16.6. The molecule has 0 saturated carbocycles. The van der Waals surface area contributed by atoms with Crippen molar-refractivity contribution in [1.29, 1.82) is 0 Å². The van der Waals surface area contributed by atoms with Crippen molar-refractivity contribution in [1.82, 2.24) is 25.3 Å². The maximum absolute atomic E-state index is 12.0. The van der Waals surface area contributed by atoms with E-state index in [9.17, 15) is 4.79 Å². The van der Waals surface area contributed by atoms with E-state index in [0.717, 1.165) is 16.6 Å². The zero-order chi connectivity index (χ0) is 14.2. The minimum absolute atomic E-state index is 0.120. The minimum Gasteiger partial charge on any atom is -0.335 e. The average Bonchev–Trinajstić information content (AvgIpc) is 2.95. The van der Waals surface area contributed by atoms with Gasteiger partial charge in [0.2, 0.25) is 11.3 Å². The topological polar surface area (TPSA) is 110 Å². The first kappa shape index (κ1) is 11.5. The van der Waals surface area contributed by atoms with E-state index >= 15 is 0 Å². The number of fused-ring (bicyclic) bond motifs is 2. The van der Waals surface area contributed by atoms with Gasteiger partial charge in [-0.2, -0.15) is 4.98 Å². The molecular formula is C13H8N6O2. The third-order valence-electron chi connectivity index (χ3n) is 3.03. The molecule has 4 rings (SSSR count). The van der Waals surface area contributed by atoms with Crippen molar-refractivity contribution in [3.63, 3.8) is 0 Å². The van der Waals surface area contributed by atoms with E-state index in [1.165, 1.54) is 0 Å². The Labute approximate surface area is 116 Å². The fourth-order valence-corrected chi connectivity index (χ4v) is 2.08. The van der Waals surface area contributed by atoms with Gasteiger partial charge in [0.05, 0.1) is 5.52 Å². The first-order valence-corrected chi connectivity index (χ1v) is 6.14. The first-order chi connectivity index (χ1) is 10.3. The molecule has 8 nitrogen and oxygen atoms in total. The molecule has 102 valence electrons. The van der Waals surface area contributed by atoms with Crippen molar-refractivity contribution in [2.45, 2.75) is 0 Å². The lowest BCUT2D eigenvalue weighted by Gasteiger charge is -2.07. The van der Waals surface area contributed by atoms with Gasteiger partial charge in [-0.25, -0.2) is 4.63 Å². The summed E-state index contributed by atoms with van der Waals surface area (Å²) in [7, 11) is 0. The van der Waals surface area contributed by atoms with Gasteiger partial charge in [-0.1, -0.05) is 6.07 Å². The van der Waals surface area contributed by atoms with Crippen molar-refractivity contribution in [3.05, 3.63) is 46.9 Å². The summed E-state index contributed by atoms with van der Waals surface area (Å²) in [6.45, 7) is 0. The molecule has 0 spiro atoms. The van der Waals surface area contributed by atoms with E-state index in [1.54, 1.807) is 6.20 Å². The van der Waals surface area contributed by atoms with Crippen LogP contribution in [0.4, 0.5) is 11.5 Å². The molecule has 0 aliphatic carbocycles. The number of aromatic nitrogens is 5. The Kier molecular flexibility index (Phi) is 2.40. The molecule has 0 saturated heterocycles. The Bertz CT molecular complexity index is 1000. The van der Waals surface area contributed by atoms with E-state index in [2.05, 4.69) is 35.2 Å². The molecule has 3 heterocycles. The van der Waals surface area contributed by atoms with Crippen LogP contribution < -0.4 is 10.9 Å². The maximum atomic E-state index is 12.0. The number of nitrogens with zero attached hydrogens (tertiary/aromatic N) is 4. The van der Waals surface area contributed by atoms with Crippen LogP contribution in [0.25, 0.3) is 22.2 Å². The second-order valence-corrected chi connectivity index (χ2v) is 4.35. The Balaban J connectivity index is 1.86. The van der Waals surface area contributed by atoms with Crippen LogP contribution in [-0.4, -0.2) is 25.3 Å². The SMILES string of the molecule is O=c1[nH]c2nonc2nc1Nc1cccc2ncccc12. The molecule has 3 aromatic heterocycles. The van der Waals surface area contributed by atoms with Gasteiger partial charge in [0.15, 0.2) is 5.82 Å². The molecule has 0 fully saturated rings. The predicted octanol–water partition coefficient (Wildman–Crippen LogP) is 1.60. The molecule has 21 heavy (non-hydrogen) atoms. The number of pyridine rings is 1. The Morgan fingerprint density at radius 2 is 2.10 bits per heavy atom. The number of hydrogen-bond acceptors (Lipinski definition) is 7. The zero-order valence-electron chi connectivity index (χ0n) is 10.6. The van der Waals surface area contributed by atoms with Gasteiger partial charge in [-0.05, 0) is 34.6 Å². The normalized spacial score (nSPS) is 11.0. The number of H-pyrrole nitrogens is 1. The van der Waals surface area contributed by atoms with Gasteiger partial charge in [0.1, 0.15) is 0 Å². The Morgan fingerprint density at radius 3 is 3.05 bits per heavy atom. The number of anilines is 2. The van der Waals surface area contributed by atoms with E-state index in [4.69, 9.17) is 0 Å². The fourth-order valence-electron chi connectivity index (χ4n) is 2.08. The third kappa shape index (κ3) is 1.89. The monoisotopic (exact) mass is 280 g/mol. The highest BCUT2D eigenvalue weighted by Crippen LogP contribution is 2.23. The molecule has 0 radical (unpaired) electrons. The van der Waals surface area contributed by atoms with E-state index in [0.29, 0.717) is 0 Å². The fraction of sp³-hybridized carbons (Fsp3) is 0. The van der Waals surface area contributed by atoms with Gasteiger partial charge in [0.25, 0.3) is 5.56 Å². The molecule has 0 aliphatic heterocycles. The molecular weight excluding hydrogens is 272 g/mol. The van der Waals surface area contributed by atoms with Gasteiger partial charge in [-0.15, -0.1) is 0 Å². The molecule has 2 N–H and O–H groups in total.